The molecule has 1 heterocycles. The molecule has 1 aliphatic heterocycles. The molecule has 1 fully saturated rings. The summed E-state index contributed by atoms with van der Waals surface area (Å²) in [5, 5.41) is 0. The van der Waals surface area contributed by atoms with Crippen molar-refractivity contribution >= 4 is 21.7 Å². The van der Waals surface area contributed by atoms with Crippen LogP contribution in [0.5, 0.6) is 0 Å². The van der Waals surface area contributed by atoms with Crippen molar-refractivity contribution in [3.05, 3.63) is 0 Å². The van der Waals surface area contributed by atoms with Gasteiger partial charge in [0.25, 0.3) is 0 Å². The Kier molecular flexibility index (Phi) is 6.60. The molecule has 0 radical (unpaired) electrons. The average molecular weight is 320 g/mol. The van der Waals surface area contributed by atoms with Gasteiger partial charge in [0.2, 0.25) is 5.91 Å². The normalized spacial score (nSPS) is 20.5. The maximum atomic E-state index is 12.2. The molecule has 1 unspecified atom stereocenters. The molecule has 8 heteroatoms. The summed E-state index contributed by atoms with van der Waals surface area (Å²) < 4.78 is 27.8. The van der Waals surface area contributed by atoms with Crippen LogP contribution in [-0.4, -0.2) is 80.9 Å². The third-order valence-electron chi connectivity index (χ3n) is 3.61. The monoisotopic (exact) mass is 320 g/mol. The van der Waals surface area contributed by atoms with Gasteiger partial charge in [-0.2, -0.15) is 0 Å². The number of rotatable bonds is 7. The van der Waals surface area contributed by atoms with Crippen molar-refractivity contribution < 1.29 is 22.7 Å². The molecule has 122 valence electrons. The number of likely N-dealkylation sites (N-methyl/N-ethyl adjacent to an activating group) is 2. The van der Waals surface area contributed by atoms with Crippen molar-refractivity contribution in [3.8, 4) is 0 Å². The summed E-state index contributed by atoms with van der Waals surface area (Å²) in [5.41, 5.74) is 0. The van der Waals surface area contributed by atoms with E-state index in [1.165, 1.54) is 4.90 Å². The Morgan fingerprint density at radius 2 is 1.90 bits per heavy atom. The fraction of sp³-hybridized carbons (Fsp3) is 0.846. The molecule has 1 amide bonds. The second-order valence-electron chi connectivity index (χ2n) is 5.17. The van der Waals surface area contributed by atoms with Gasteiger partial charge in [-0.1, -0.05) is 6.92 Å². The number of sulfone groups is 1. The van der Waals surface area contributed by atoms with Gasteiger partial charge in [0.15, 0.2) is 9.84 Å². The lowest BCUT2D eigenvalue weighted by Gasteiger charge is -2.27. The zero-order chi connectivity index (χ0) is 16.0. The van der Waals surface area contributed by atoms with Gasteiger partial charge in [0, 0.05) is 13.1 Å². The summed E-state index contributed by atoms with van der Waals surface area (Å²) in [6.07, 6.45) is 0.481. The Hall–Kier alpha value is -1.15. The molecular weight excluding hydrogens is 296 g/mol. The number of esters is 1. The van der Waals surface area contributed by atoms with Crippen LogP contribution in [-0.2, 0) is 24.2 Å². The van der Waals surface area contributed by atoms with Gasteiger partial charge in [0.1, 0.15) is 0 Å². The number of carbonyl (C=O) groups is 2. The van der Waals surface area contributed by atoms with Gasteiger partial charge < -0.3 is 9.64 Å². The molecular formula is C13H24N2O5S. The first-order chi connectivity index (χ1) is 9.79. The summed E-state index contributed by atoms with van der Waals surface area (Å²) >= 11 is 0. The third-order valence-corrected chi connectivity index (χ3v) is 5.36. The minimum absolute atomic E-state index is 0.0270. The molecule has 21 heavy (non-hydrogen) atoms. The highest BCUT2D eigenvalue weighted by Gasteiger charge is 2.33. The van der Waals surface area contributed by atoms with E-state index in [-0.39, 0.29) is 42.5 Å². The van der Waals surface area contributed by atoms with Crippen molar-refractivity contribution in [2.75, 3.05) is 44.8 Å². The predicted molar refractivity (Wildman–Crippen MR) is 78.6 cm³/mol. The molecule has 0 N–H and O–H groups in total. The maximum Gasteiger partial charge on any atom is 0.320 e. The number of amides is 1. The van der Waals surface area contributed by atoms with Crippen molar-refractivity contribution in [2.45, 2.75) is 26.3 Å². The van der Waals surface area contributed by atoms with Crippen molar-refractivity contribution in [1.29, 1.82) is 0 Å². The molecule has 0 saturated carbocycles. The van der Waals surface area contributed by atoms with E-state index in [2.05, 4.69) is 0 Å². The van der Waals surface area contributed by atoms with Crippen LogP contribution < -0.4 is 0 Å². The van der Waals surface area contributed by atoms with Gasteiger partial charge in [-0.25, -0.2) is 8.42 Å². The number of hydrogen-bond donors (Lipinski definition) is 0. The predicted octanol–water partition coefficient (Wildman–Crippen LogP) is -0.483. The molecule has 0 aromatic carbocycles. The fourth-order valence-corrected chi connectivity index (χ4v) is 4.03. The van der Waals surface area contributed by atoms with E-state index in [1.807, 2.05) is 6.92 Å². The zero-order valence-corrected chi connectivity index (χ0v) is 13.7. The van der Waals surface area contributed by atoms with E-state index in [0.717, 1.165) is 0 Å². The quantitative estimate of drug-likeness (QED) is 0.589. The van der Waals surface area contributed by atoms with E-state index in [4.69, 9.17) is 4.74 Å². The minimum atomic E-state index is -3.02. The van der Waals surface area contributed by atoms with E-state index >= 15 is 0 Å². The number of hydrogen-bond acceptors (Lipinski definition) is 6. The van der Waals surface area contributed by atoms with Crippen LogP contribution in [0.4, 0.5) is 0 Å². The molecule has 0 aliphatic carbocycles. The van der Waals surface area contributed by atoms with Crippen molar-refractivity contribution in [1.82, 2.24) is 9.80 Å². The van der Waals surface area contributed by atoms with Crippen molar-refractivity contribution in [3.63, 3.8) is 0 Å². The molecule has 1 rings (SSSR count). The van der Waals surface area contributed by atoms with Crippen LogP contribution in [0.2, 0.25) is 0 Å². The molecule has 1 atom stereocenters. The largest absolute Gasteiger partial charge is 0.465 e. The fourth-order valence-electron chi connectivity index (χ4n) is 2.26. The van der Waals surface area contributed by atoms with E-state index in [9.17, 15) is 18.0 Å². The Bertz CT molecular complexity index is 477. The molecule has 0 spiro atoms. The SMILES string of the molecule is CCOC(=O)CN(CC)CC(=O)N(C)C1CCS(=O)(=O)C1. The van der Waals surface area contributed by atoms with Crippen LogP contribution in [0.15, 0.2) is 0 Å². The molecule has 1 saturated heterocycles. The van der Waals surface area contributed by atoms with Gasteiger partial charge >= 0.3 is 5.97 Å². The van der Waals surface area contributed by atoms with Gasteiger partial charge in [0.05, 0.1) is 31.2 Å². The maximum absolute atomic E-state index is 12.2. The van der Waals surface area contributed by atoms with Crippen LogP contribution in [0, 0.1) is 0 Å². The number of ether oxygens (including phenoxy) is 1. The Labute approximate surface area is 126 Å². The Morgan fingerprint density at radius 1 is 1.24 bits per heavy atom. The Morgan fingerprint density at radius 3 is 2.38 bits per heavy atom. The van der Waals surface area contributed by atoms with Gasteiger partial charge in [-0.3, -0.25) is 14.5 Å². The molecule has 1 aliphatic rings. The van der Waals surface area contributed by atoms with E-state index in [0.29, 0.717) is 19.6 Å². The summed E-state index contributed by atoms with van der Waals surface area (Å²) in [7, 11) is -1.40. The first-order valence-corrected chi connectivity index (χ1v) is 8.95. The lowest BCUT2D eigenvalue weighted by molar-refractivity contribution is -0.145. The van der Waals surface area contributed by atoms with Crippen LogP contribution in [0.25, 0.3) is 0 Å². The first kappa shape index (κ1) is 17.9. The summed E-state index contributed by atoms with van der Waals surface area (Å²) in [6, 6.07) is -0.260. The lowest BCUT2D eigenvalue weighted by Crippen LogP contribution is -2.45. The number of nitrogens with zero attached hydrogens (tertiary/aromatic N) is 2. The second kappa shape index (κ2) is 7.74. The smallest absolute Gasteiger partial charge is 0.320 e. The third kappa shape index (κ3) is 5.62. The van der Waals surface area contributed by atoms with Crippen LogP contribution in [0.3, 0.4) is 0 Å². The summed E-state index contributed by atoms with van der Waals surface area (Å²) in [6.45, 7) is 4.58. The summed E-state index contributed by atoms with van der Waals surface area (Å²) in [5.74, 6) is -0.379. The highest BCUT2D eigenvalue weighted by molar-refractivity contribution is 7.91. The Balaban J connectivity index is 2.52. The van der Waals surface area contributed by atoms with E-state index in [1.54, 1.807) is 18.9 Å². The standard InChI is InChI=1S/C13H24N2O5S/c1-4-15(9-13(17)20-5-2)8-12(16)14(3)11-6-7-21(18,19)10-11/h11H,4-10H2,1-3H3. The molecule has 0 aromatic rings. The number of carbonyl (C=O) groups excluding carboxylic acids is 2. The molecule has 7 nitrogen and oxygen atoms in total. The van der Waals surface area contributed by atoms with Crippen LogP contribution >= 0.6 is 0 Å². The summed E-state index contributed by atoms with van der Waals surface area (Å²) in [4.78, 5) is 26.8. The second-order valence-corrected chi connectivity index (χ2v) is 7.40. The highest BCUT2D eigenvalue weighted by Crippen LogP contribution is 2.16. The van der Waals surface area contributed by atoms with E-state index < -0.39 is 9.84 Å². The zero-order valence-electron chi connectivity index (χ0n) is 12.9. The topological polar surface area (TPSA) is 84.0 Å². The van der Waals surface area contributed by atoms with Gasteiger partial charge in [-0.05, 0) is 19.9 Å². The van der Waals surface area contributed by atoms with Gasteiger partial charge in [-0.15, -0.1) is 0 Å². The minimum Gasteiger partial charge on any atom is -0.465 e. The van der Waals surface area contributed by atoms with Crippen molar-refractivity contribution in [2.24, 2.45) is 0 Å². The first-order valence-electron chi connectivity index (χ1n) is 7.13. The molecule has 0 aromatic heterocycles. The highest BCUT2D eigenvalue weighted by atomic mass is 32.2. The lowest BCUT2D eigenvalue weighted by atomic mass is 10.2. The van der Waals surface area contributed by atoms with Crippen LogP contribution in [0.1, 0.15) is 20.3 Å². The average Bonchev–Trinajstić information content (AvgIpc) is 2.77. The molecule has 0 bridgehead atoms.